The minimum absolute atomic E-state index is 0.138. The third kappa shape index (κ3) is 4.44. The first-order valence-corrected chi connectivity index (χ1v) is 6.63. The molecule has 0 saturated carbocycles. The van der Waals surface area contributed by atoms with Gasteiger partial charge in [-0.25, -0.2) is 0 Å². The Hall–Kier alpha value is -1.75. The second-order valence-corrected chi connectivity index (χ2v) is 4.48. The van der Waals surface area contributed by atoms with E-state index in [1.807, 2.05) is 24.3 Å². The first-order chi connectivity index (χ1) is 9.12. The van der Waals surface area contributed by atoms with Gasteiger partial charge in [-0.15, -0.1) is 0 Å². The zero-order chi connectivity index (χ0) is 14.3. The Morgan fingerprint density at radius 1 is 1.26 bits per heavy atom. The highest BCUT2D eigenvalue weighted by Gasteiger charge is 2.06. The third-order valence-corrected chi connectivity index (χ3v) is 3.34. The molecule has 0 fully saturated rings. The van der Waals surface area contributed by atoms with Crippen molar-refractivity contribution in [3.63, 3.8) is 0 Å². The summed E-state index contributed by atoms with van der Waals surface area (Å²) in [5.41, 5.74) is 7.40. The van der Waals surface area contributed by atoms with Crippen molar-refractivity contribution in [3.8, 4) is 0 Å². The van der Waals surface area contributed by atoms with E-state index >= 15 is 0 Å². The number of amidine groups is 1. The molecule has 0 aliphatic carbocycles. The molecule has 0 aliphatic heterocycles. The summed E-state index contributed by atoms with van der Waals surface area (Å²) in [6.45, 7) is 8.44. The Bertz CT molecular complexity index is 416. The van der Waals surface area contributed by atoms with Crippen molar-refractivity contribution in [3.05, 3.63) is 29.8 Å². The lowest BCUT2D eigenvalue weighted by molar-refractivity contribution is 0.311. The fourth-order valence-electron chi connectivity index (χ4n) is 1.92. The number of hydrogen-bond donors (Lipinski definition) is 2. The number of nitrogens with zero attached hydrogens (tertiary/aromatic N) is 3. The molecule has 0 aliphatic rings. The highest BCUT2D eigenvalue weighted by atomic mass is 16.4. The first-order valence-electron chi connectivity index (χ1n) is 6.63. The van der Waals surface area contributed by atoms with E-state index in [2.05, 4.69) is 35.9 Å². The van der Waals surface area contributed by atoms with Gasteiger partial charge in [0.2, 0.25) is 0 Å². The van der Waals surface area contributed by atoms with Crippen molar-refractivity contribution >= 4 is 11.5 Å². The van der Waals surface area contributed by atoms with Crippen molar-refractivity contribution in [1.82, 2.24) is 4.90 Å². The number of rotatable bonds is 7. The molecule has 1 aromatic rings. The molecule has 1 rings (SSSR count). The number of nitrogens with two attached hydrogens (primary N) is 1. The molecule has 3 N–H and O–H groups in total. The van der Waals surface area contributed by atoms with E-state index in [9.17, 15) is 0 Å². The maximum atomic E-state index is 8.70. The van der Waals surface area contributed by atoms with Gasteiger partial charge in [0.15, 0.2) is 5.84 Å². The fraction of sp³-hybridized carbons (Fsp3) is 0.500. The van der Waals surface area contributed by atoms with Crippen molar-refractivity contribution in [2.45, 2.75) is 13.8 Å². The number of benzene rings is 1. The molecule has 1 aromatic carbocycles. The van der Waals surface area contributed by atoms with Crippen LogP contribution in [0.25, 0.3) is 0 Å². The lowest BCUT2D eigenvalue weighted by Gasteiger charge is -2.24. The van der Waals surface area contributed by atoms with Crippen molar-refractivity contribution < 1.29 is 5.21 Å². The maximum absolute atomic E-state index is 8.70. The van der Waals surface area contributed by atoms with Crippen LogP contribution in [0.5, 0.6) is 0 Å². The Balaban J connectivity index is 2.69. The summed E-state index contributed by atoms with van der Waals surface area (Å²) in [4.78, 5) is 4.55. The minimum atomic E-state index is 0.138. The van der Waals surface area contributed by atoms with Crippen LogP contribution in [0.3, 0.4) is 0 Å². The van der Waals surface area contributed by atoms with Crippen LogP contribution in [0.2, 0.25) is 0 Å². The normalized spacial score (nSPS) is 11.9. The van der Waals surface area contributed by atoms with Crippen LogP contribution in [-0.4, -0.2) is 49.2 Å². The van der Waals surface area contributed by atoms with Crippen LogP contribution in [0, 0.1) is 0 Å². The van der Waals surface area contributed by atoms with Gasteiger partial charge in [-0.3, -0.25) is 0 Å². The van der Waals surface area contributed by atoms with Gasteiger partial charge in [-0.2, -0.15) is 0 Å². The average Bonchev–Trinajstić information content (AvgIpc) is 2.47. The van der Waals surface area contributed by atoms with Gasteiger partial charge in [0.05, 0.1) is 0 Å². The summed E-state index contributed by atoms with van der Waals surface area (Å²) >= 11 is 0. The number of likely N-dealkylation sites (N-methyl/N-ethyl adjacent to an activating group) is 2. The minimum Gasteiger partial charge on any atom is -0.409 e. The molecule has 0 atom stereocenters. The third-order valence-electron chi connectivity index (χ3n) is 3.34. The molecule has 0 amide bonds. The molecule has 0 unspecified atom stereocenters. The van der Waals surface area contributed by atoms with Gasteiger partial charge >= 0.3 is 0 Å². The Morgan fingerprint density at radius 2 is 1.95 bits per heavy atom. The van der Waals surface area contributed by atoms with Gasteiger partial charge in [-0.05, 0) is 25.2 Å². The van der Waals surface area contributed by atoms with Crippen molar-refractivity contribution in [1.29, 1.82) is 0 Å². The van der Waals surface area contributed by atoms with E-state index < -0.39 is 0 Å². The van der Waals surface area contributed by atoms with Crippen molar-refractivity contribution in [2.24, 2.45) is 10.9 Å². The first kappa shape index (κ1) is 15.3. The Morgan fingerprint density at radius 3 is 2.53 bits per heavy atom. The zero-order valence-corrected chi connectivity index (χ0v) is 12.0. The van der Waals surface area contributed by atoms with E-state index in [1.165, 1.54) is 0 Å². The number of oxime groups is 1. The summed E-state index contributed by atoms with van der Waals surface area (Å²) < 4.78 is 0. The van der Waals surface area contributed by atoms with Crippen molar-refractivity contribution in [2.75, 3.05) is 38.1 Å². The SMILES string of the molecule is CCN(CC)CCN(C)c1cccc(/C(N)=N/O)c1. The Kier molecular flexibility index (Phi) is 6.15. The highest BCUT2D eigenvalue weighted by Crippen LogP contribution is 2.14. The maximum Gasteiger partial charge on any atom is 0.170 e. The molecule has 0 bridgehead atoms. The molecule has 0 aromatic heterocycles. The standard InChI is InChI=1S/C14H24N4O/c1-4-18(5-2)10-9-17(3)13-8-6-7-12(11-13)14(15)16-19/h6-8,11,19H,4-5,9-10H2,1-3H3,(H2,15,16). The van der Waals surface area contributed by atoms with Gasteiger partial charge < -0.3 is 20.7 Å². The Labute approximate surface area is 115 Å². The molecule has 19 heavy (non-hydrogen) atoms. The predicted octanol–water partition coefficient (Wildman–Crippen LogP) is 1.56. The monoisotopic (exact) mass is 264 g/mol. The summed E-state index contributed by atoms with van der Waals surface area (Å²) in [6, 6.07) is 7.70. The van der Waals surface area contributed by atoms with Gasteiger partial charge in [0, 0.05) is 31.4 Å². The van der Waals surface area contributed by atoms with Gasteiger partial charge in [0.25, 0.3) is 0 Å². The fourth-order valence-corrected chi connectivity index (χ4v) is 1.92. The summed E-state index contributed by atoms with van der Waals surface area (Å²) in [5.74, 6) is 0.138. The van der Waals surface area contributed by atoms with E-state index in [4.69, 9.17) is 10.9 Å². The summed E-state index contributed by atoms with van der Waals surface area (Å²) in [6.07, 6.45) is 0. The molecule has 0 radical (unpaired) electrons. The van der Waals surface area contributed by atoms with E-state index in [0.29, 0.717) is 0 Å². The van der Waals surface area contributed by atoms with E-state index in [0.717, 1.165) is 37.4 Å². The van der Waals surface area contributed by atoms with E-state index in [-0.39, 0.29) is 5.84 Å². The van der Waals surface area contributed by atoms with Crippen LogP contribution < -0.4 is 10.6 Å². The van der Waals surface area contributed by atoms with Gasteiger partial charge in [-0.1, -0.05) is 31.1 Å². The lowest BCUT2D eigenvalue weighted by atomic mass is 10.2. The van der Waals surface area contributed by atoms with Crippen LogP contribution in [0.1, 0.15) is 19.4 Å². The van der Waals surface area contributed by atoms with Crippen LogP contribution >= 0.6 is 0 Å². The van der Waals surface area contributed by atoms with Crippen LogP contribution in [0.4, 0.5) is 5.69 Å². The lowest BCUT2D eigenvalue weighted by Crippen LogP contribution is -2.33. The van der Waals surface area contributed by atoms with Gasteiger partial charge in [0.1, 0.15) is 0 Å². The van der Waals surface area contributed by atoms with Crippen LogP contribution in [-0.2, 0) is 0 Å². The predicted molar refractivity (Wildman–Crippen MR) is 80.0 cm³/mol. The summed E-state index contributed by atoms with van der Waals surface area (Å²) in [7, 11) is 2.05. The molecule has 0 spiro atoms. The zero-order valence-electron chi connectivity index (χ0n) is 12.0. The van der Waals surface area contributed by atoms with E-state index in [1.54, 1.807) is 0 Å². The molecule has 0 saturated heterocycles. The summed E-state index contributed by atoms with van der Waals surface area (Å²) in [5, 5.41) is 11.7. The smallest absolute Gasteiger partial charge is 0.170 e. The second kappa shape index (κ2) is 7.63. The highest BCUT2D eigenvalue weighted by molar-refractivity contribution is 5.97. The molecule has 106 valence electrons. The number of anilines is 1. The average molecular weight is 264 g/mol. The topological polar surface area (TPSA) is 65.1 Å². The molecule has 5 nitrogen and oxygen atoms in total. The molecule has 0 heterocycles. The quantitative estimate of drug-likeness (QED) is 0.339. The largest absolute Gasteiger partial charge is 0.409 e. The second-order valence-electron chi connectivity index (χ2n) is 4.48. The van der Waals surface area contributed by atoms with Crippen LogP contribution in [0.15, 0.2) is 29.4 Å². The molecular weight excluding hydrogens is 240 g/mol. The molecule has 5 heteroatoms. The number of hydrogen-bond acceptors (Lipinski definition) is 4. The molecular formula is C14H24N4O.